The summed E-state index contributed by atoms with van der Waals surface area (Å²) in [5.74, 6) is -0.682. The number of carbonyl (C=O) groups excluding carboxylic acids is 1. The highest BCUT2D eigenvalue weighted by molar-refractivity contribution is 6.24. The topological polar surface area (TPSA) is 97.2 Å². The van der Waals surface area contributed by atoms with Crippen molar-refractivity contribution in [2.45, 2.75) is 12.3 Å². The Morgan fingerprint density at radius 2 is 1.66 bits per heavy atom. The van der Waals surface area contributed by atoms with E-state index in [4.69, 9.17) is 19.6 Å². The Morgan fingerprint density at radius 3 is 2.28 bits per heavy atom. The summed E-state index contributed by atoms with van der Waals surface area (Å²) in [4.78, 5) is 28.8. The average molecular weight is 430 g/mol. The van der Waals surface area contributed by atoms with Gasteiger partial charge in [0.05, 0.1) is 32.0 Å². The standard InChI is InChI=1S/C25H22N2O5/c1-31-20-13-18-19(14-21(20)32-2)27-25(30)23(18)24(16-6-4-3-5-7-16)26-17-10-8-15(9-11-17)12-22(28)29/h3-11,13-14,23H,12H2,1-2H3,(H,27,30)(H,28,29). The van der Waals surface area contributed by atoms with Crippen LogP contribution in [0.5, 0.6) is 11.5 Å². The molecule has 0 aromatic heterocycles. The molecule has 0 spiro atoms. The van der Waals surface area contributed by atoms with Gasteiger partial charge >= 0.3 is 5.97 Å². The minimum Gasteiger partial charge on any atom is -0.493 e. The number of carboxylic acids is 1. The first kappa shape index (κ1) is 21.1. The molecule has 0 saturated heterocycles. The number of methoxy groups -OCH3 is 2. The van der Waals surface area contributed by atoms with Gasteiger partial charge in [0, 0.05) is 11.8 Å². The van der Waals surface area contributed by atoms with Crippen LogP contribution in [0.1, 0.15) is 22.6 Å². The quantitative estimate of drug-likeness (QED) is 0.548. The van der Waals surface area contributed by atoms with Crippen molar-refractivity contribution in [1.82, 2.24) is 0 Å². The highest BCUT2D eigenvalue weighted by Gasteiger charge is 2.36. The fourth-order valence-electron chi connectivity index (χ4n) is 3.77. The monoisotopic (exact) mass is 430 g/mol. The van der Waals surface area contributed by atoms with Crippen LogP contribution in [0.3, 0.4) is 0 Å². The van der Waals surface area contributed by atoms with Crippen LogP contribution in [-0.4, -0.2) is 36.9 Å². The molecule has 0 saturated carbocycles. The van der Waals surface area contributed by atoms with Crippen molar-refractivity contribution < 1.29 is 24.2 Å². The van der Waals surface area contributed by atoms with Crippen molar-refractivity contribution in [3.05, 3.63) is 83.4 Å². The molecule has 1 aliphatic rings. The molecular weight excluding hydrogens is 408 g/mol. The van der Waals surface area contributed by atoms with Crippen molar-refractivity contribution in [1.29, 1.82) is 0 Å². The largest absolute Gasteiger partial charge is 0.493 e. The van der Waals surface area contributed by atoms with Crippen LogP contribution in [-0.2, 0) is 16.0 Å². The second-order valence-corrected chi connectivity index (χ2v) is 7.32. The summed E-state index contributed by atoms with van der Waals surface area (Å²) in [7, 11) is 3.09. The first-order valence-electron chi connectivity index (χ1n) is 10.0. The van der Waals surface area contributed by atoms with E-state index in [0.717, 1.165) is 11.1 Å². The minimum atomic E-state index is -0.894. The summed E-state index contributed by atoms with van der Waals surface area (Å²) < 4.78 is 10.8. The van der Waals surface area contributed by atoms with Gasteiger partial charge in [-0.3, -0.25) is 14.6 Å². The molecule has 32 heavy (non-hydrogen) atoms. The fraction of sp³-hybridized carbons (Fsp3) is 0.160. The van der Waals surface area contributed by atoms with Crippen LogP contribution >= 0.6 is 0 Å². The number of aliphatic carboxylic acids is 1. The molecular formula is C25H22N2O5. The normalized spacial score (nSPS) is 15.1. The van der Waals surface area contributed by atoms with Gasteiger partial charge in [-0.1, -0.05) is 42.5 Å². The molecule has 4 rings (SSSR count). The lowest BCUT2D eigenvalue weighted by molar-refractivity contribution is -0.136. The number of ether oxygens (including phenoxy) is 2. The van der Waals surface area contributed by atoms with E-state index < -0.39 is 11.9 Å². The number of rotatable bonds is 7. The summed E-state index contributed by atoms with van der Waals surface area (Å²) in [6.07, 6.45) is -0.0599. The molecule has 1 atom stereocenters. The van der Waals surface area contributed by atoms with E-state index in [1.54, 1.807) is 50.6 Å². The molecule has 1 amide bonds. The smallest absolute Gasteiger partial charge is 0.307 e. The van der Waals surface area contributed by atoms with Crippen LogP contribution in [0.2, 0.25) is 0 Å². The minimum absolute atomic E-state index is 0.0599. The van der Waals surface area contributed by atoms with Crippen LogP contribution in [0.15, 0.2) is 71.7 Å². The first-order valence-corrected chi connectivity index (χ1v) is 10.0. The van der Waals surface area contributed by atoms with Gasteiger partial charge in [-0.2, -0.15) is 0 Å². The molecule has 7 heteroatoms. The highest BCUT2D eigenvalue weighted by atomic mass is 16.5. The first-order chi connectivity index (χ1) is 15.5. The zero-order chi connectivity index (χ0) is 22.7. The summed E-state index contributed by atoms with van der Waals surface area (Å²) in [6, 6.07) is 20.0. The number of hydrogen-bond acceptors (Lipinski definition) is 5. The Morgan fingerprint density at radius 1 is 1.00 bits per heavy atom. The lowest BCUT2D eigenvalue weighted by Crippen LogP contribution is -2.22. The van der Waals surface area contributed by atoms with Crippen molar-refractivity contribution in [2.75, 3.05) is 19.5 Å². The second kappa shape index (κ2) is 8.93. The van der Waals surface area contributed by atoms with Crippen LogP contribution in [0.25, 0.3) is 0 Å². The number of benzene rings is 3. The summed E-state index contributed by atoms with van der Waals surface area (Å²) in [5.41, 5.74) is 4.10. The van der Waals surface area contributed by atoms with Gasteiger partial charge in [0.2, 0.25) is 5.91 Å². The summed E-state index contributed by atoms with van der Waals surface area (Å²) in [5, 5.41) is 11.9. The molecule has 162 valence electrons. The van der Waals surface area contributed by atoms with Gasteiger partial charge in [-0.05, 0) is 34.9 Å². The molecule has 3 aromatic carbocycles. The molecule has 2 N–H and O–H groups in total. The van der Waals surface area contributed by atoms with E-state index in [0.29, 0.717) is 34.1 Å². The van der Waals surface area contributed by atoms with Gasteiger partial charge in [0.25, 0.3) is 0 Å². The zero-order valence-electron chi connectivity index (χ0n) is 17.7. The number of hydrogen-bond donors (Lipinski definition) is 2. The second-order valence-electron chi connectivity index (χ2n) is 7.32. The molecule has 0 aliphatic carbocycles. The Labute approximate surface area is 185 Å². The maximum Gasteiger partial charge on any atom is 0.307 e. The maximum atomic E-state index is 13.1. The van der Waals surface area contributed by atoms with Crippen molar-refractivity contribution in [3.8, 4) is 11.5 Å². The van der Waals surface area contributed by atoms with Crippen LogP contribution in [0.4, 0.5) is 11.4 Å². The molecule has 1 unspecified atom stereocenters. The third kappa shape index (κ3) is 4.18. The number of aliphatic imine (C=N–C) groups is 1. The molecule has 3 aromatic rings. The predicted molar refractivity (Wildman–Crippen MR) is 121 cm³/mol. The lowest BCUT2D eigenvalue weighted by Gasteiger charge is -2.15. The van der Waals surface area contributed by atoms with Gasteiger partial charge in [-0.15, -0.1) is 0 Å². The molecule has 0 bridgehead atoms. The van der Waals surface area contributed by atoms with Crippen molar-refractivity contribution in [2.24, 2.45) is 4.99 Å². The fourth-order valence-corrected chi connectivity index (χ4v) is 3.77. The number of carboxylic acid groups (broad SMARTS) is 1. The lowest BCUT2D eigenvalue weighted by atomic mass is 9.90. The van der Waals surface area contributed by atoms with E-state index in [-0.39, 0.29) is 12.3 Å². The Bertz CT molecular complexity index is 1190. The average Bonchev–Trinajstić information content (AvgIpc) is 3.12. The van der Waals surface area contributed by atoms with Gasteiger partial charge in [0.1, 0.15) is 5.92 Å². The number of amides is 1. The van der Waals surface area contributed by atoms with E-state index >= 15 is 0 Å². The SMILES string of the molecule is COc1cc2c(cc1OC)C(C(=Nc1ccc(CC(=O)O)cc1)c1ccccc1)C(=O)N2. The third-order valence-corrected chi connectivity index (χ3v) is 5.27. The maximum absolute atomic E-state index is 13.1. The van der Waals surface area contributed by atoms with Crippen LogP contribution in [0, 0.1) is 0 Å². The Balaban J connectivity index is 1.82. The third-order valence-electron chi connectivity index (χ3n) is 5.27. The zero-order valence-corrected chi connectivity index (χ0v) is 17.7. The number of nitrogens with zero attached hydrogens (tertiary/aromatic N) is 1. The van der Waals surface area contributed by atoms with E-state index in [2.05, 4.69) is 5.32 Å². The van der Waals surface area contributed by atoms with Crippen molar-refractivity contribution >= 4 is 29.0 Å². The Kier molecular flexibility index (Phi) is 5.89. The van der Waals surface area contributed by atoms with Gasteiger partial charge in [-0.25, -0.2) is 0 Å². The van der Waals surface area contributed by atoms with Gasteiger partial charge in [0.15, 0.2) is 11.5 Å². The highest BCUT2D eigenvalue weighted by Crippen LogP contribution is 2.42. The molecule has 7 nitrogen and oxygen atoms in total. The predicted octanol–water partition coefficient (Wildman–Crippen LogP) is 4.19. The van der Waals surface area contributed by atoms with Crippen LogP contribution < -0.4 is 14.8 Å². The number of carbonyl (C=O) groups is 2. The summed E-state index contributed by atoms with van der Waals surface area (Å²) >= 11 is 0. The molecule has 0 radical (unpaired) electrons. The number of nitrogens with one attached hydrogen (secondary N) is 1. The Hall–Kier alpha value is -4.13. The molecule has 1 heterocycles. The van der Waals surface area contributed by atoms with E-state index in [9.17, 15) is 9.59 Å². The number of fused-ring (bicyclic) bond motifs is 1. The van der Waals surface area contributed by atoms with Crippen molar-refractivity contribution in [3.63, 3.8) is 0 Å². The molecule has 1 aliphatic heterocycles. The summed E-state index contributed by atoms with van der Waals surface area (Å²) in [6.45, 7) is 0. The van der Waals surface area contributed by atoms with Gasteiger partial charge < -0.3 is 19.9 Å². The number of anilines is 1. The van der Waals surface area contributed by atoms with E-state index in [1.807, 2.05) is 30.3 Å². The van der Waals surface area contributed by atoms with E-state index in [1.165, 1.54) is 0 Å². The molecule has 0 fully saturated rings.